The number of rotatable bonds is 5. The van der Waals surface area contributed by atoms with E-state index in [4.69, 9.17) is 10.5 Å². The molecular weight excluding hydrogens is 212 g/mol. The van der Waals surface area contributed by atoms with E-state index in [0.29, 0.717) is 0 Å². The summed E-state index contributed by atoms with van der Waals surface area (Å²) in [6.07, 6.45) is 0. The zero-order valence-corrected chi connectivity index (χ0v) is 11.6. The molecule has 0 fully saturated rings. The Morgan fingerprint density at radius 1 is 1.24 bits per heavy atom. The summed E-state index contributed by atoms with van der Waals surface area (Å²) in [5.74, 6) is 0.940. The lowest BCUT2D eigenvalue weighted by molar-refractivity contribution is 0.403. The van der Waals surface area contributed by atoms with E-state index in [1.54, 1.807) is 7.11 Å². The molecule has 1 rings (SSSR count). The summed E-state index contributed by atoms with van der Waals surface area (Å²) in [6, 6.07) is 4.25. The van der Waals surface area contributed by atoms with E-state index in [0.717, 1.165) is 18.8 Å². The van der Waals surface area contributed by atoms with E-state index in [9.17, 15) is 0 Å². The predicted octanol–water partition coefficient (Wildman–Crippen LogP) is 2.14. The monoisotopic (exact) mass is 236 g/mol. The first kappa shape index (κ1) is 14.0. The van der Waals surface area contributed by atoms with Gasteiger partial charge in [-0.1, -0.05) is 6.07 Å². The number of nitrogens with two attached hydrogens (primary N) is 1. The van der Waals surface area contributed by atoms with Gasteiger partial charge in [0.15, 0.2) is 0 Å². The fraction of sp³-hybridized carbons (Fsp3) is 0.571. The Bertz CT molecular complexity index is 381. The van der Waals surface area contributed by atoms with Crippen molar-refractivity contribution in [2.24, 2.45) is 5.73 Å². The number of hydrogen-bond donors (Lipinski definition) is 2. The number of nitrogens with one attached hydrogen (secondary N) is 1. The molecule has 0 atom stereocenters. The molecule has 1 aromatic rings. The van der Waals surface area contributed by atoms with Gasteiger partial charge in [-0.25, -0.2) is 0 Å². The Kier molecular flexibility index (Phi) is 4.54. The van der Waals surface area contributed by atoms with Crippen molar-refractivity contribution in [3.05, 3.63) is 28.8 Å². The van der Waals surface area contributed by atoms with Crippen molar-refractivity contribution < 1.29 is 4.74 Å². The Hall–Kier alpha value is -1.06. The second-order valence-electron chi connectivity index (χ2n) is 5.34. The maximum absolute atomic E-state index is 5.93. The Balaban J connectivity index is 2.73. The van der Waals surface area contributed by atoms with E-state index >= 15 is 0 Å². The highest BCUT2D eigenvalue weighted by Gasteiger charge is 2.11. The van der Waals surface area contributed by atoms with E-state index < -0.39 is 0 Å². The van der Waals surface area contributed by atoms with E-state index in [-0.39, 0.29) is 5.54 Å². The SMILES string of the molecule is COc1cc(C)c(C)cc1CNCC(C)(C)N. The summed E-state index contributed by atoms with van der Waals surface area (Å²) in [6.45, 7) is 9.80. The minimum atomic E-state index is -0.188. The molecule has 0 aromatic heterocycles. The summed E-state index contributed by atoms with van der Waals surface area (Å²) in [5, 5.41) is 3.36. The standard InChI is InChI=1S/C14H24N2O/c1-10-6-12(8-16-9-14(3,4)15)13(17-5)7-11(10)2/h6-7,16H,8-9,15H2,1-5H3. The van der Waals surface area contributed by atoms with Crippen molar-refractivity contribution in [1.29, 1.82) is 0 Å². The second kappa shape index (κ2) is 5.52. The lowest BCUT2D eigenvalue weighted by Gasteiger charge is -2.20. The minimum Gasteiger partial charge on any atom is -0.496 e. The van der Waals surface area contributed by atoms with Crippen LogP contribution in [0.15, 0.2) is 12.1 Å². The van der Waals surface area contributed by atoms with Gasteiger partial charge in [-0.15, -0.1) is 0 Å². The van der Waals surface area contributed by atoms with Gasteiger partial charge in [0.2, 0.25) is 0 Å². The molecule has 0 amide bonds. The molecule has 0 spiro atoms. The molecule has 3 nitrogen and oxygen atoms in total. The minimum absolute atomic E-state index is 0.188. The first-order valence-corrected chi connectivity index (χ1v) is 5.97. The fourth-order valence-electron chi connectivity index (χ4n) is 1.70. The van der Waals surface area contributed by atoms with Gasteiger partial charge in [0.1, 0.15) is 5.75 Å². The largest absolute Gasteiger partial charge is 0.496 e. The van der Waals surface area contributed by atoms with Crippen LogP contribution in [0.4, 0.5) is 0 Å². The van der Waals surface area contributed by atoms with Crippen LogP contribution in [-0.4, -0.2) is 19.2 Å². The maximum Gasteiger partial charge on any atom is 0.123 e. The molecule has 0 aliphatic carbocycles. The molecular formula is C14H24N2O. The average Bonchev–Trinajstić information content (AvgIpc) is 2.21. The Labute approximate surface area is 104 Å². The first-order valence-electron chi connectivity index (χ1n) is 5.97. The van der Waals surface area contributed by atoms with Crippen molar-refractivity contribution in [3.8, 4) is 5.75 Å². The summed E-state index contributed by atoms with van der Waals surface area (Å²) >= 11 is 0. The van der Waals surface area contributed by atoms with Crippen LogP contribution in [0.3, 0.4) is 0 Å². The van der Waals surface area contributed by atoms with Crippen molar-refractivity contribution in [3.63, 3.8) is 0 Å². The highest BCUT2D eigenvalue weighted by Crippen LogP contribution is 2.22. The van der Waals surface area contributed by atoms with Gasteiger partial charge in [-0.3, -0.25) is 0 Å². The summed E-state index contributed by atoms with van der Waals surface area (Å²) in [7, 11) is 1.71. The van der Waals surface area contributed by atoms with Crippen LogP contribution >= 0.6 is 0 Å². The average molecular weight is 236 g/mol. The molecule has 0 aliphatic rings. The van der Waals surface area contributed by atoms with Crippen LogP contribution < -0.4 is 15.8 Å². The normalized spacial score (nSPS) is 11.6. The van der Waals surface area contributed by atoms with Gasteiger partial charge in [0.25, 0.3) is 0 Å². The Morgan fingerprint density at radius 2 is 1.82 bits per heavy atom. The molecule has 3 N–H and O–H groups in total. The van der Waals surface area contributed by atoms with E-state index in [1.165, 1.54) is 16.7 Å². The molecule has 0 bridgehead atoms. The number of ether oxygens (including phenoxy) is 1. The lowest BCUT2D eigenvalue weighted by Crippen LogP contribution is -2.42. The van der Waals surface area contributed by atoms with Gasteiger partial charge < -0.3 is 15.8 Å². The number of hydrogen-bond acceptors (Lipinski definition) is 3. The van der Waals surface area contributed by atoms with Crippen molar-refractivity contribution in [1.82, 2.24) is 5.32 Å². The van der Waals surface area contributed by atoms with Crippen LogP contribution in [0.1, 0.15) is 30.5 Å². The van der Waals surface area contributed by atoms with Gasteiger partial charge in [-0.2, -0.15) is 0 Å². The van der Waals surface area contributed by atoms with Gasteiger partial charge >= 0.3 is 0 Å². The smallest absolute Gasteiger partial charge is 0.123 e. The second-order valence-corrected chi connectivity index (χ2v) is 5.34. The topological polar surface area (TPSA) is 47.3 Å². The van der Waals surface area contributed by atoms with E-state index in [2.05, 4.69) is 31.3 Å². The summed E-state index contributed by atoms with van der Waals surface area (Å²) in [5.41, 5.74) is 9.46. The van der Waals surface area contributed by atoms with Crippen LogP contribution in [0.2, 0.25) is 0 Å². The molecule has 0 saturated heterocycles. The molecule has 0 saturated carbocycles. The van der Waals surface area contributed by atoms with Crippen LogP contribution in [0.25, 0.3) is 0 Å². The highest BCUT2D eigenvalue weighted by atomic mass is 16.5. The summed E-state index contributed by atoms with van der Waals surface area (Å²) < 4.78 is 5.39. The quantitative estimate of drug-likeness (QED) is 0.823. The molecule has 0 aliphatic heterocycles. The molecule has 0 unspecified atom stereocenters. The predicted molar refractivity (Wildman–Crippen MR) is 72.4 cm³/mol. The van der Waals surface area contributed by atoms with Crippen LogP contribution in [0.5, 0.6) is 5.75 Å². The van der Waals surface area contributed by atoms with Gasteiger partial charge in [-0.05, 0) is 44.9 Å². The summed E-state index contributed by atoms with van der Waals surface area (Å²) in [4.78, 5) is 0. The molecule has 0 heterocycles. The molecule has 3 heteroatoms. The number of benzene rings is 1. The lowest BCUT2D eigenvalue weighted by atomic mass is 10.0. The maximum atomic E-state index is 5.93. The molecule has 96 valence electrons. The van der Waals surface area contributed by atoms with E-state index in [1.807, 2.05) is 13.8 Å². The third-order valence-electron chi connectivity index (χ3n) is 2.79. The Morgan fingerprint density at radius 3 is 2.35 bits per heavy atom. The zero-order valence-electron chi connectivity index (χ0n) is 11.6. The van der Waals surface area contributed by atoms with Crippen LogP contribution in [-0.2, 0) is 6.54 Å². The van der Waals surface area contributed by atoms with Gasteiger partial charge in [0.05, 0.1) is 7.11 Å². The van der Waals surface area contributed by atoms with Crippen molar-refractivity contribution in [2.75, 3.05) is 13.7 Å². The zero-order chi connectivity index (χ0) is 13.1. The fourth-order valence-corrected chi connectivity index (χ4v) is 1.70. The van der Waals surface area contributed by atoms with Crippen molar-refractivity contribution in [2.45, 2.75) is 39.8 Å². The number of methoxy groups -OCH3 is 1. The highest BCUT2D eigenvalue weighted by molar-refractivity contribution is 5.41. The molecule has 1 aromatic carbocycles. The molecule has 17 heavy (non-hydrogen) atoms. The molecule has 0 radical (unpaired) electrons. The number of aryl methyl sites for hydroxylation is 2. The first-order chi connectivity index (χ1) is 7.83. The third-order valence-corrected chi connectivity index (χ3v) is 2.79. The third kappa shape index (κ3) is 4.36. The van der Waals surface area contributed by atoms with Crippen LogP contribution in [0, 0.1) is 13.8 Å². The van der Waals surface area contributed by atoms with Gasteiger partial charge in [0, 0.05) is 24.2 Å². The van der Waals surface area contributed by atoms with Crippen molar-refractivity contribution >= 4 is 0 Å².